The summed E-state index contributed by atoms with van der Waals surface area (Å²) in [6.07, 6.45) is 0. The zero-order valence-electron chi connectivity index (χ0n) is 14.5. The lowest BCUT2D eigenvalue weighted by atomic mass is 10.0. The Morgan fingerprint density at radius 2 is 1.67 bits per heavy atom. The molecule has 0 aromatic heterocycles. The molecule has 0 heterocycles. The highest BCUT2D eigenvalue weighted by Gasteiger charge is 2.12. The van der Waals surface area contributed by atoms with E-state index >= 15 is 0 Å². The van der Waals surface area contributed by atoms with Gasteiger partial charge in [-0.1, -0.05) is 48.0 Å². The van der Waals surface area contributed by atoms with Gasteiger partial charge in [0, 0.05) is 17.1 Å². The molecule has 0 radical (unpaired) electrons. The van der Waals surface area contributed by atoms with Crippen molar-refractivity contribution in [1.29, 1.82) is 0 Å². The minimum absolute atomic E-state index is 0. The molecule has 3 rings (SSSR count). The molecule has 0 aliphatic rings. The van der Waals surface area contributed by atoms with Crippen molar-refractivity contribution in [3.63, 3.8) is 0 Å². The summed E-state index contributed by atoms with van der Waals surface area (Å²) in [6.45, 7) is 1.14. The Morgan fingerprint density at radius 3 is 2.41 bits per heavy atom. The van der Waals surface area contributed by atoms with E-state index in [4.69, 9.17) is 26.8 Å². The summed E-state index contributed by atoms with van der Waals surface area (Å²) < 4.78 is 25.8. The first-order chi connectivity index (χ1) is 12.7. The van der Waals surface area contributed by atoms with Crippen LogP contribution in [0.25, 0.3) is 11.1 Å². The minimum atomic E-state index is -0.348. The SMILES string of the molecule is Cl.NCCOc1ccc(-c2cc(Cl)ccc2F)cc1OCc1ccccc1. The summed E-state index contributed by atoms with van der Waals surface area (Å²) >= 11 is 6.01. The number of nitrogens with two attached hydrogens (primary N) is 1. The fraction of sp³-hybridized carbons (Fsp3) is 0.143. The molecule has 142 valence electrons. The number of benzene rings is 3. The van der Waals surface area contributed by atoms with Crippen LogP contribution < -0.4 is 15.2 Å². The van der Waals surface area contributed by atoms with Crippen molar-refractivity contribution in [3.05, 3.63) is 83.1 Å². The van der Waals surface area contributed by atoms with E-state index < -0.39 is 0 Å². The normalized spacial score (nSPS) is 10.2. The summed E-state index contributed by atoms with van der Waals surface area (Å²) in [5.41, 5.74) is 7.61. The van der Waals surface area contributed by atoms with Crippen LogP contribution in [0.3, 0.4) is 0 Å². The van der Waals surface area contributed by atoms with Crippen LogP contribution in [-0.4, -0.2) is 13.2 Å². The van der Waals surface area contributed by atoms with Crippen molar-refractivity contribution in [2.45, 2.75) is 6.61 Å². The molecule has 0 unspecified atom stereocenters. The number of hydrogen-bond acceptors (Lipinski definition) is 3. The summed E-state index contributed by atoms with van der Waals surface area (Å²) in [7, 11) is 0. The first-order valence-corrected chi connectivity index (χ1v) is 8.64. The fourth-order valence-electron chi connectivity index (χ4n) is 2.53. The Morgan fingerprint density at radius 1 is 0.889 bits per heavy atom. The van der Waals surface area contributed by atoms with Crippen LogP contribution in [0.4, 0.5) is 4.39 Å². The van der Waals surface area contributed by atoms with Crippen molar-refractivity contribution >= 4 is 24.0 Å². The topological polar surface area (TPSA) is 44.5 Å². The molecule has 0 spiro atoms. The highest BCUT2D eigenvalue weighted by Crippen LogP contribution is 2.35. The van der Waals surface area contributed by atoms with Gasteiger partial charge in [-0.3, -0.25) is 0 Å². The standard InChI is InChI=1S/C21H19ClFNO2.ClH/c22-17-7-8-19(23)18(13-17)16-6-9-20(25-11-10-24)21(12-16)26-14-15-4-2-1-3-5-15;/h1-9,12-13H,10-11,14,24H2;1H. The van der Waals surface area contributed by atoms with E-state index in [1.54, 1.807) is 24.3 Å². The summed E-state index contributed by atoms with van der Waals surface area (Å²) in [5.74, 6) is 0.746. The summed E-state index contributed by atoms with van der Waals surface area (Å²) in [5, 5.41) is 0.469. The molecule has 0 fully saturated rings. The second kappa shape index (κ2) is 10.2. The molecule has 3 nitrogen and oxygen atoms in total. The molecule has 3 aromatic carbocycles. The lowest BCUT2D eigenvalue weighted by molar-refractivity contribution is 0.266. The second-order valence-electron chi connectivity index (χ2n) is 5.70. The van der Waals surface area contributed by atoms with Crippen LogP contribution in [-0.2, 0) is 6.61 Å². The van der Waals surface area contributed by atoms with Gasteiger partial charge < -0.3 is 15.2 Å². The Labute approximate surface area is 169 Å². The molecule has 0 aliphatic heterocycles. The van der Waals surface area contributed by atoms with Gasteiger partial charge in [-0.25, -0.2) is 4.39 Å². The van der Waals surface area contributed by atoms with Crippen molar-refractivity contribution in [1.82, 2.24) is 0 Å². The van der Waals surface area contributed by atoms with Crippen LogP contribution >= 0.6 is 24.0 Å². The van der Waals surface area contributed by atoms with Gasteiger partial charge in [0.05, 0.1) is 0 Å². The van der Waals surface area contributed by atoms with Crippen LogP contribution in [0.15, 0.2) is 66.7 Å². The number of rotatable bonds is 7. The second-order valence-corrected chi connectivity index (χ2v) is 6.13. The van der Waals surface area contributed by atoms with Gasteiger partial charge in [0.1, 0.15) is 19.0 Å². The van der Waals surface area contributed by atoms with E-state index in [2.05, 4.69) is 0 Å². The fourth-order valence-corrected chi connectivity index (χ4v) is 2.70. The van der Waals surface area contributed by atoms with Gasteiger partial charge in [-0.15, -0.1) is 12.4 Å². The Balaban J connectivity index is 0.00000261. The average molecular weight is 408 g/mol. The van der Waals surface area contributed by atoms with E-state index in [1.807, 2.05) is 30.3 Å². The van der Waals surface area contributed by atoms with Crippen LogP contribution in [0.1, 0.15) is 5.56 Å². The third kappa shape index (κ3) is 5.60. The van der Waals surface area contributed by atoms with Crippen LogP contribution in [0, 0.1) is 5.82 Å². The number of hydrogen-bond donors (Lipinski definition) is 1. The van der Waals surface area contributed by atoms with E-state index in [0.717, 1.165) is 5.56 Å². The monoisotopic (exact) mass is 407 g/mol. The predicted octanol–water partition coefficient (Wildman–Crippen LogP) is 5.48. The van der Waals surface area contributed by atoms with Gasteiger partial charge >= 0.3 is 0 Å². The smallest absolute Gasteiger partial charge is 0.162 e. The Bertz CT molecular complexity index is 875. The van der Waals surface area contributed by atoms with Crippen molar-refractivity contribution in [2.24, 2.45) is 5.73 Å². The van der Waals surface area contributed by atoms with Gasteiger partial charge in [-0.2, -0.15) is 0 Å². The molecular weight excluding hydrogens is 388 g/mol. The summed E-state index contributed by atoms with van der Waals surface area (Å²) in [4.78, 5) is 0. The van der Waals surface area contributed by atoms with Gasteiger partial charge in [0.2, 0.25) is 0 Å². The summed E-state index contributed by atoms with van der Waals surface area (Å²) in [6, 6.07) is 19.5. The molecule has 27 heavy (non-hydrogen) atoms. The largest absolute Gasteiger partial charge is 0.488 e. The lowest BCUT2D eigenvalue weighted by Gasteiger charge is -2.14. The maximum absolute atomic E-state index is 14.2. The van der Waals surface area contributed by atoms with Crippen molar-refractivity contribution in [3.8, 4) is 22.6 Å². The third-order valence-corrected chi connectivity index (χ3v) is 4.03. The average Bonchev–Trinajstić information content (AvgIpc) is 2.67. The maximum atomic E-state index is 14.2. The number of ether oxygens (including phenoxy) is 2. The van der Waals surface area contributed by atoms with Gasteiger partial charge in [0.25, 0.3) is 0 Å². The van der Waals surface area contributed by atoms with E-state index in [1.165, 1.54) is 12.1 Å². The zero-order chi connectivity index (χ0) is 18.4. The quantitative estimate of drug-likeness (QED) is 0.563. The molecule has 0 atom stereocenters. The molecule has 0 aliphatic carbocycles. The van der Waals surface area contributed by atoms with Crippen LogP contribution in [0.2, 0.25) is 5.02 Å². The van der Waals surface area contributed by atoms with Crippen LogP contribution in [0.5, 0.6) is 11.5 Å². The van der Waals surface area contributed by atoms with E-state index in [9.17, 15) is 4.39 Å². The highest BCUT2D eigenvalue weighted by atomic mass is 35.5. The molecular formula is C21H20Cl2FNO2. The Hall–Kier alpha value is -2.27. The molecule has 0 amide bonds. The molecule has 6 heteroatoms. The molecule has 0 saturated carbocycles. The molecule has 0 saturated heterocycles. The predicted molar refractivity (Wildman–Crippen MR) is 109 cm³/mol. The van der Waals surface area contributed by atoms with Gasteiger partial charge in [0.15, 0.2) is 11.5 Å². The first kappa shape index (κ1) is 21.0. The lowest BCUT2D eigenvalue weighted by Crippen LogP contribution is -2.11. The Kier molecular flexibility index (Phi) is 7.92. The number of halogens is 3. The molecule has 2 N–H and O–H groups in total. The van der Waals surface area contributed by atoms with Crippen molar-refractivity contribution < 1.29 is 13.9 Å². The van der Waals surface area contributed by atoms with E-state index in [-0.39, 0.29) is 18.2 Å². The van der Waals surface area contributed by atoms with Gasteiger partial charge in [-0.05, 0) is 41.5 Å². The third-order valence-electron chi connectivity index (χ3n) is 3.80. The molecule has 0 bridgehead atoms. The zero-order valence-corrected chi connectivity index (χ0v) is 16.1. The maximum Gasteiger partial charge on any atom is 0.162 e. The first-order valence-electron chi connectivity index (χ1n) is 8.26. The minimum Gasteiger partial charge on any atom is -0.488 e. The highest BCUT2D eigenvalue weighted by molar-refractivity contribution is 6.30. The van der Waals surface area contributed by atoms with E-state index in [0.29, 0.717) is 47.4 Å². The van der Waals surface area contributed by atoms with Crippen molar-refractivity contribution in [2.75, 3.05) is 13.2 Å². The molecule has 3 aromatic rings.